The van der Waals surface area contributed by atoms with E-state index in [9.17, 15) is 14.4 Å². The van der Waals surface area contributed by atoms with Gasteiger partial charge in [0.05, 0.1) is 17.7 Å². The number of halogens is 1. The molecule has 2 heterocycles. The molecule has 4 rings (SSSR count). The predicted molar refractivity (Wildman–Crippen MR) is 112 cm³/mol. The topological polar surface area (TPSA) is 70.1 Å². The second-order valence-electron chi connectivity index (χ2n) is 7.48. The molecular formula is C22H20BrN3O3. The molecule has 2 aliphatic rings. The van der Waals surface area contributed by atoms with Crippen molar-refractivity contribution in [3.05, 3.63) is 70.2 Å². The Morgan fingerprint density at radius 2 is 1.79 bits per heavy atom. The Balaban J connectivity index is 1.49. The standard InChI is InChI=1S/C22H20BrN3O3/c1-22(16-7-9-17(23)10-8-16)13-19(27)25(21(22)29)14-20(28)26-12-11-18(24-26)15-5-3-2-4-6-15/h2-10H,11-14H2,1H3/t22-/m0/s1. The monoisotopic (exact) mass is 453 g/mol. The molecule has 0 saturated carbocycles. The molecule has 29 heavy (non-hydrogen) atoms. The van der Waals surface area contributed by atoms with Crippen LogP contribution in [0.15, 0.2) is 64.2 Å². The highest BCUT2D eigenvalue weighted by Crippen LogP contribution is 2.36. The van der Waals surface area contributed by atoms with E-state index in [-0.39, 0.29) is 30.7 Å². The SMILES string of the molecule is C[C@@]1(c2ccc(Br)cc2)CC(=O)N(CC(=O)N2CCC(c3ccccc3)=N2)C1=O. The molecular weight excluding hydrogens is 434 g/mol. The Kier molecular flexibility index (Phi) is 5.08. The maximum absolute atomic E-state index is 13.0. The van der Waals surface area contributed by atoms with Gasteiger partial charge >= 0.3 is 0 Å². The van der Waals surface area contributed by atoms with Gasteiger partial charge in [0.25, 0.3) is 5.91 Å². The summed E-state index contributed by atoms with van der Waals surface area (Å²) in [7, 11) is 0. The minimum atomic E-state index is -0.957. The van der Waals surface area contributed by atoms with Crippen molar-refractivity contribution in [2.24, 2.45) is 5.10 Å². The highest BCUT2D eigenvalue weighted by molar-refractivity contribution is 9.10. The minimum absolute atomic E-state index is 0.0548. The quantitative estimate of drug-likeness (QED) is 0.667. The van der Waals surface area contributed by atoms with E-state index in [1.165, 1.54) is 5.01 Å². The maximum Gasteiger partial charge on any atom is 0.262 e. The van der Waals surface area contributed by atoms with E-state index in [0.29, 0.717) is 13.0 Å². The fourth-order valence-electron chi connectivity index (χ4n) is 3.78. The van der Waals surface area contributed by atoms with Gasteiger partial charge in [0.15, 0.2) is 0 Å². The van der Waals surface area contributed by atoms with Gasteiger partial charge in [-0.05, 0) is 30.2 Å². The molecule has 0 unspecified atom stereocenters. The lowest BCUT2D eigenvalue weighted by atomic mass is 9.81. The third kappa shape index (κ3) is 3.62. The molecule has 2 aromatic rings. The smallest absolute Gasteiger partial charge is 0.262 e. The molecule has 2 aliphatic heterocycles. The van der Waals surface area contributed by atoms with Crippen LogP contribution in [0.2, 0.25) is 0 Å². The Morgan fingerprint density at radius 3 is 2.48 bits per heavy atom. The van der Waals surface area contributed by atoms with Gasteiger partial charge in [-0.3, -0.25) is 19.3 Å². The van der Waals surface area contributed by atoms with Crippen molar-refractivity contribution >= 4 is 39.4 Å². The zero-order valence-electron chi connectivity index (χ0n) is 16.0. The molecule has 0 bridgehead atoms. The van der Waals surface area contributed by atoms with E-state index in [1.807, 2.05) is 54.6 Å². The molecule has 0 radical (unpaired) electrons. The predicted octanol–water partition coefficient (Wildman–Crippen LogP) is 3.10. The molecule has 1 atom stereocenters. The molecule has 1 saturated heterocycles. The van der Waals surface area contributed by atoms with Crippen molar-refractivity contribution in [2.75, 3.05) is 13.1 Å². The summed E-state index contributed by atoms with van der Waals surface area (Å²) in [4.78, 5) is 39.4. The highest BCUT2D eigenvalue weighted by Gasteiger charge is 2.50. The third-order valence-corrected chi connectivity index (χ3v) is 6.02. The van der Waals surface area contributed by atoms with Crippen LogP contribution < -0.4 is 0 Å². The zero-order valence-corrected chi connectivity index (χ0v) is 17.6. The summed E-state index contributed by atoms with van der Waals surface area (Å²) in [5.74, 6) is -1.03. The third-order valence-electron chi connectivity index (χ3n) is 5.49. The number of carbonyl (C=O) groups excluding carboxylic acids is 3. The Labute approximate surface area is 177 Å². The summed E-state index contributed by atoms with van der Waals surface area (Å²) in [6, 6.07) is 17.0. The van der Waals surface area contributed by atoms with Gasteiger partial charge in [-0.2, -0.15) is 5.10 Å². The van der Waals surface area contributed by atoms with Crippen LogP contribution in [0.3, 0.4) is 0 Å². The average Bonchev–Trinajstić information content (AvgIpc) is 3.29. The number of amides is 3. The molecule has 0 N–H and O–H groups in total. The first-order chi connectivity index (χ1) is 13.9. The molecule has 1 fully saturated rings. The fraction of sp³-hybridized carbons (Fsp3) is 0.273. The second kappa shape index (κ2) is 7.55. The summed E-state index contributed by atoms with van der Waals surface area (Å²) >= 11 is 3.38. The first-order valence-electron chi connectivity index (χ1n) is 9.42. The zero-order chi connectivity index (χ0) is 20.6. The van der Waals surface area contributed by atoms with Gasteiger partial charge in [0, 0.05) is 17.3 Å². The lowest BCUT2D eigenvalue weighted by Crippen LogP contribution is -2.42. The molecule has 0 spiro atoms. The molecule has 0 aliphatic carbocycles. The number of hydrogen-bond acceptors (Lipinski definition) is 4. The number of imide groups is 1. The fourth-order valence-corrected chi connectivity index (χ4v) is 4.04. The number of benzene rings is 2. The van der Waals surface area contributed by atoms with Gasteiger partial charge in [-0.25, -0.2) is 5.01 Å². The van der Waals surface area contributed by atoms with Crippen LogP contribution in [0.5, 0.6) is 0 Å². The van der Waals surface area contributed by atoms with Gasteiger partial charge in [-0.15, -0.1) is 0 Å². The van der Waals surface area contributed by atoms with Crippen LogP contribution in [-0.4, -0.2) is 46.4 Å². The van der Waals surface area contributed by atoms with Crippen molar-refractivity contribution in [1.29, 1.82) is 0 Å². The van der Waals surface area contributed by atoms with Gasteiger partial charge in [0.1, 0.15) is 6.54 Å². The average molecular weight is 454 g/mol. The van der Waals surface area contributed by atoms with E-state index in [4.69, 9.17) is 0 Å². The van der Waals surface area contributed by atoms with Crippen LogP contribution in [-0.2, 0) is 19.8 Å². The molecule has 0 aromatic heterocycles. The summed E-state index contributed by atoms with van der Waals surface area (Å²) < 4.78 is 0.898. The first kappa shape index (κ1) is 19.5. The molecule has 3 amide bonds. The summed E-state index contributed by atoms with van der Waals surface area (Å²) in [5, 5.41) is 5.76. The van der Waals surface area contributed by atoms with Crippen LogP contribution >= 0.6 is 15.9 Å². The molecule has 2 aromatic carbocycles. The first-order valence-corrected chi connectivity index (χ1v) is 10.2. The van der Waals surface area contributed by atoms with Crippen molar-refractivity contribution < 1.29 is 14.4 Å². The van der Waals surface area contributed by atoms with E-state index >= 15 is 0 Å². The molecule has 148 valence electrons. The maximum atomic E-state index is 13.0. The largest absolute Gasteiger partial charge is 0.274 e. The Bertz CT molecular complexity index is 1000. The summed E-state index contributed by atoms with van der Waals surface area (Å²) in [6.45, 7) is 1.92. The second-order valence-corrected chi connectivity index (χ2v) is 8.40. The number of likely N-dealkylation sites (tertiary alicyclic amines) is 1. The highest BCUT2D eigenvalue weighted by atomic mass is 79.9. The van der Waals surface area contributed by atoms with Crippen molar-refractivity contribution in [3.8, 4) is 0 Å². The number of hydrogen-bond donors (Lipinski definition) is 0. The molecule has 6 nitrogen and oxygen atoms in total. The number of hydrazone groups is 1. The van der Waals surface area contributed by atoms with E-state index < -0.39 is 5.41 Å². The van der Waals surface area contributed by atoms with Crippen LogP contribution in [0.25, 0.3) is 0 Å². The van der Waals surface area contributed by atoms with Crippen LogP contribution in [0.4, 0.5) is 0 Å². The van der Waals surface area contributed by atoms with Crippen molar-refractivity contribution in [3.63, 3.8) is 0 Å². The van der Waals surface area contributed by atoms with Gasteiger partial charge in [0.2, 0.25) is 11.8 Å². The normalized spacial score (nSPS) is 21.7. The van der Waals surface area contributed by atoms with Gasteiger partial charge < -0.3 is 0 Å². The summed E-state index contributed by atoms with van der Waals surface area (Å²) in [6.07, 6.45) is 0.702. The van der Waals surface area contributed by atoms with E-state index in [1.54, 1.807) is 6.92 Å². The van der Waals surface area contributed by atoms with Crippen molar-refractivity contribution in [1.82, 2.24) is 9.91 Å². The lowest BCUT2D eigenvalue weighted by molar-refractivity contribution is -0.146. The van der Waals surface area contributed by atoms with E-state index in [2.05, 4.69) is 21.0 Å². The number of nitrogens with zero attached hydrogens (tertiary/aromatic N) is 3. The van der Waals surface area contributed by atoms with Crippen molar-refractivity contribution in [2.45, 2.75) is 25.2 Å². The summed E-state index contributed by atoms with van der Waals surface area (Å²) in [5.41, 5.74) is 1.61. The Morgan fingerprint density at radius 1 is 1.10 bits per heavy atom. The van der Waals surface area contributed by atoms with Crippen LogP contribution in [0.1, 0.15) is 30.9 Å². The van der Waals surface area contributed by atoms with Crippen LogP contribution in [0, 0.1) is 0 Å². The molecule has 7 heteroatoms. The van der Waals surface area contributed by atoms with Gasteiger partial charge in [-0.1, -0.05) is 58.4 Å². The number of carbonyl (C=O) groups is 3. The minimum Gasteiger partial charge on any atom is -0.274 e. The Hall–Kier alpha value is -2.80. The number of rotatable bonds is 4. The lowest BCUT2D eigenvalue weighted by Gasteiger charge is -2.23. The van der Waals surface area contributed by atoms with E-state index in [0.717, 1.165) is 26.2 Å².